The summed E-state index contributed by atoms with van der Waals surface area (Å²) in [5.41, 5.74) is 8.43. The van der Waals surface area contributed by atoms with Crippen molar-refractivity contribution in [1.29, 1.82) is 0 Å². The molecular weight excluding hydrogens is 366 g/mol. The van der Waals surface area contributed by atoms with Crippen LogP contribution in [0.1, 0.15) is 55.4 Å². The molecule has 1 N–H and O–H groups in total. The number of anilines is 1. The SMILES string of the molecule is COc1cc(C)nc(NC(=O)c2ccc(Cc3c(C)c(C)c(C)c(C)c3C)o2)n1. The van der Waals surface area contributed by atoms with E-state index in [2.05, 4.69) is 49.9 Å². The van der Waals surface area contributed by atoms with E-state index in [1.54, 1.807) is 19.1 Å². The van der Waals surface area contributed by atoms with Gasteiger partial charge in [-0.3, -0.25) is 10.1 Å². The van der Waals surface area contributed by atoms with Crippen LogP contribution in [0.15, 0.2) is 22.6 Å². The lowest BCUT2D eigenvalue weighted by Crippen LogP contribution is -2.14. The molecule has 6 heteroatoms. The normalized spacial score (nSPS) is 10.9. The number of amides is 1. The lowest BCUT2D eigenvalue weighted by Gasteiger charge is -2.18. The molecule has 0 bridgehead atoms. The highest BCUT2D eigenvalue weighted by Crippen LogP contribution is 2.28. The molecule has 0 radical (unpaired) electrons. The van der Waals surface area contributed by atoms with E-state index in [1.165, 1.54) is 40.5 Å². The van der Waals surface area contributed by atoms with E-state index in [9.17, 15) is 4.79 Å². The maximum absolute atomic E-state index is 12.6. The molecule has 0 aliphatic rings. The van der Waals surface area contributed by atoms with Gasteiger partial charge in [0.1, 0.15) is 5.76 Å². The van der Waals surface area contributed by atoms with Crippen LogP contribution in [0.5, 0.6) is 5.88 Å². The summed E-state index contributed by atoms with van der Waals surface area (Å²) >= 11 is 0. The Morgan fingerprint density at radius 2 is 1.59 bits per heavy atom. The molecule has 29 heavy (non-hydrogen) atoms. The molecule has 2 heterocycles. The summed E-state index contributed by atoms with van der Waals surface area (Å²) in [7, 11) is 1.52. The quantitative estimate of drug-likeness (QED) is 0.675. The van der Waals surface area contributed by atoms with Gasteiger partial charge < -0.3 is 9.15 Å². The number of methoxy groups -OCH3 is 1. The fraction of sp³-hybridized carbons (Fsp3) is 0.348. The molecule has 0 unspecified atom stereocenters. The van der Waals surface area contributed by atoms with Crippen molar-refractivity contribution in [3.8, 4) is 5.88 Å². The molecule has 2 aromatic heterocycles. The Balaban J connectivity index is 1.82. The van der Waals surface area contributed by atoms with Gasteiger partial charge in [-0.25, -0.2) is 4.98 Å². The van der Waals surface area contributed by atoms with Crippen LogP contribution in [0.2, 0.25) is 0 Å². The van der Waals surface area contributed by atoms with Gasteiger partial charge in [0, 0.05) is 18.2 Å². The van der Waals surface area contributed by atoms with Crippen LogP contribution in [0.4, 0.5) is 5.95 Å². The summed E-state index contributed by atoms with van der Waals surface area (Å²) < 4.78 is 10.9. The summed E-state index contributed by atoms with van der Waals surface area (Å²) in [6, 6.07) is 5.21. The minimum absolute atomic E-state index is 0.182. The minimum Gasteiger partial charge on any atom is -0.481 e. The summed E-state index contributed by atoms with van der Waals surface area (Å²) in [5.74, 6) is 1.14. The zero-order chi connectivity index (χ0) is 21.3. The number of aromatic nitrogens is 2. The molecule has 152 valence electrons. The first-order chi connectivity index (χ1) is 13.7. The van der Waals surface area contributed by atoms with Gasteiger partial charge in [0.2, 0.25) is 11.8 Å². The van der Waals surface area contributed by atoms with E-state index in [-0.39, 0.29) is 11.7 Å². The van der Waals surface area contributed by atoms with Crippen LogP contribution >= 0.6 is 0 Å². The summed E-state index contributed by atoms with van der Waals surface area (Å²) in [6.45, 7) is 12.6. The van der Waals surface area contributed by atoms with Crippen molar-refractivity contribution in [2.75, 3.05) is 12.4 Å². The van der Waals surface area contributed by atoms with E-state index in [0.717, 1.165) is 5.76 Å². The van der Waals surface area contributed by atoms with Gasteiger partial charge in [0.25, 0.3) is 5.91 Å². The number of hydrogen-bond acceptors (Lipinski definition) is 5. The smallest absolute Gasteiger partial charge is 0.293 e. The number of nitrogens with zero attached hydrogens (tertiary/aromatic N) is 2. The Labute approximate surface area is 171 Å². The summed E-state index contributed by atoms with van der Waals surface area (Å²) in [4.78, 5) is 20.9. The third kappa shape index (κ3) is 4.16. The topological polar surface area (TPSA) is 77.2 Å². The third-order valence-corrected chi connectivity index (χ3v) is 5.66. The Morgan fingerprint density at radius 1 is 0.966 bits per heavy atom. The van der Waals surface area contributed by atoms with E-state index >= 15 is 0 Å². The van der Waals surface area contributed by atoms with Crippen LogP contribution in [0.3, 0.4) is 0 Å². The molecule has 1 aromatic carbocycles. The molecular formula is C23H27N3O3. The second kappa shape index (κ2) is 8.07. The largest absolute Gasteiger partial charge is 0.481 e. The molecule has 0 atom stereocenters. The van der Waals surface area contributed by atoms with Crippen molar-refractivity contribution >= 4 is 11.9 Å². The summed E-state index contributed by atoms with van der Waals surface area (Å²) in [6.07, 6.45) is 0.641. The number of carbonyl (C=O) groups excluding carboxylic acids is 1. The molecule has 3 aromatic rings. The highest BCUT2D eigenvalue weighted by Gasteiger charge is 2.17. The number of benzene rings is 1. The zero-order valence-electron chi connectivity index (χ0n) is 18.1. The average molecular weight is 393 g/mol. The second-order valence-corrected chi connectivity index (χ2v) is 7.38. The molecule has 0 spiro atoms. The maximum atomic E-state index is 12.6. The van der Waals surface area contributed by atoms with Crippen molar-refractivity contribution in [2.45, 2.75) is 48.0 Å². The van der Waals surface area contributed by atoms with E-state index in [4.69, 9.17) is 9.15 Å². The van der Waals surface area contributed by atoms with Gasteiger partial charge in [-0.1, -0.05) is 0 Å². The van der Waals surface area contributed by atoms with E-state index < -0.39 is 5.91 Å². The molecule has 3 rings (SSSR count). The molecule has 6 nitrogen and oxygen atoms in total. The number of rotatable bonds is 5. The number of hydrogen-bond donors (Lipinski definition) is 1. The van der Waals surface area contributed by atoms with Gasteiger partial charge in [0.05, 0.1) is 7.11 Å². The van der Waals surface area contributed by atoms with E-state index in [0.29, 0.717) is 18.0 Å². The highest BCUT2D eigenvalue weighted by atomic mass is 16.5. The van der Waals surface area contributed by atoms with E-state index in [1.807, 2.05) is 6.07 Å². The van der Waals surface area contributed by atoms with Crippen molar-refractivity contribution in [1.82, 2.24) is 9.97 Å². The standard InChI is InChI=1S/C23H27N3O3/c1-12-10-21(28-7)25-23(24-12)26-22(27)20-9-8-18(29-20)11-19-16(5)14(3)13(2)15(4)17(19)6/h8-10H,11H2,1-7H3,(H,24,25,26,27). The fourth-order valence-electron chi connectivity index (χ4n) is 3.48. The number of carbonyl (C=O) groups is 1. The fourth-order valence-corrected chi connectivity index (χ4v) is 3.48. The monoisotopic (exact) mass is 393 g/mol. The highest BCUT2D eigenvalue weighted by molar-refractivity contribution is 6.01. The van der Waals surface area contributed by atoms with Crippen molar-refractivity contribution in [2.24, 2.45) is 0 Å². The first-order valence-electron chi connectivity index (χ1n) is 9.56. The predicted octanol–water partition coefficient (Wildman–Crippen LogP) is 4.77. The first kappa shape index (κ1) is 20.6. The van der Waals surface area contributed by atoms with Gasteiger partial charge in [0.15, 0.2) is 5.76 Å². The van der Waals surface area contributed by atoms with Gasteiger partial charge in [-0.05, 0) is 87.1 Å². The minimum atomic E-state index is -0.395. The molecule has 1 amide bonds. The lowest BCUT2D eigenvalue weighted by atomic mass is 9.88. The maximum Gasteiger partial charge on any atom is 0.293 e. The summed E-state index contributed by atoms with van der Waals surface area (Å²) in [5, 5.41) is 2.66. The molecule has 0 saturated heterocycles. The number of furan rings is 1. The van der Waals surface area contributed by atoms with Gasteiger partial charge in [-0.2, -0.15) is 4.98 Å². The van der Waals surface area contributed by atoms with Gasteiger partial charge in [-0.15, -0.1) is 0 Å². The molecule has 0 aliphatic heterocycles. The number of ether oxygens (including phenoxy) is 1. The third-order valence-electron chi connectivity index (χ3n) is 5.66. The average Bonchev–Trinajstić information content (AvgIpc) is 3.16. The number of nitrogens with one attached hydrogen (secondary N) is 1. The van der Waals surface area contributed by atoms with Crippen LogP contribution in [-0.2, 0) is 6.42 Å². The Hall–Kier alpha value is -3.15. The molecule has 0 saturated carbocycles. The Kier molecular flexibility index (Phi) is 5.73. The second-order valence-electron chi connectivity index (χ2n) is 7.38. The first-order valence-corrected chi connectivity index (χ1v) is 9.56. The predicted molar refractivity (Wildman–Crippen MR) is 113 cm³/mol. The zero-order valence-corrected chi connectivity index (χ0v) is 18.1. The lowest BCUT2D eigenvalue weighted by molar-refractivity contribution is 0.0994. The van der Waals surface area contributed by atoms with Crippen molar-refractivity contribution in [3.63, 3.8) is 0 Å². The van der Waals surface area contributed by atoms with Crippen LogP contribution < -0.4 is 10.1 Å². The van der Waals surface area contributed by atoms with Crippen LogP contribution in [0.25, 0.3) is 0 Å². The van der Waals surface area contributed by atoms with Crippen molar-refractivity contribution < 1.29 is 13.9 Å². The molecule has 0 aliphatic carbocycles. The van der Waals surface area contributed by atoms with Crippen LogP contribution in [-0.4, -0.2) is 23.0 Å². The van der Waals surface area contributed by atoms with Crippen LogP contribution in [0, 0.1) is 41.5 Å². The Bertz CT molecular complexity index is 1050. The molecule has 0 fully saturated rings. The van der Waals surface area contributed by atoms with Crippen molar-refractivity contribution in [3.05, 3.63) is 68.8 Å². The number of aryl methyl sites for hydroxylation is 1. The Morgan fingerprint density at radius 3 is 2.21 bits per heavy atom. The van der Waals surface area contributed by atoms with Gasteiger partial charge >= 0.3 is 0 Å².